The van der Waals surface area contributed by atoms with Crippen LogP contribution in [0.2, 0.25) is 5.02 Å². The van der Waals surface area contributed by atoms with Crippen molar-refractivity contribution in [1.82, 2.24) is 15.1 Å². The number of halogens is 5. The van der Waals surface area contributed by atoms with Crippen LogP contribution < -0.4 is 10.6 Å². The van der Waals surface area contributed by atoms with E-state index >= 15 is 0 Å². The number of aromatic nitrogens is 2. The Hall–Kier alpha value is -3.71. The van der Waals surface area contributed by atoms with Gasteiger partial charge in [0.1, 0.15) is 11.1 Å². The van der Waals surface area contributed by atoms with Crippen LogP contribution in [0.5, 0.6) is 0 Å². The molecule has 192 valence electrons. The summed E-state index contributed by atoms with van der Waals surface area (Å²) in [6, 6.07) is 8.78. The summed E-state index contributed by atoms with van der Waals surface area (Å²) in [5, 5.41) is 15.9. The number of carbonyl (C=O) groups excluding carboxylic acids is 2. The van der Waals surface area contributed by atoms with Crippen LogP contribution in [0.3, 0.4) is 0 Å². The monoisotopic (exact) mass is 552 g/mol. The molecule has 2 amide bonds. The standard InChI is InChI=1S/C23H17ClF4N6O2S/c1-12-13(11-34(33-12)16-5-2-14(25)3-6-16)10-29-32-22-31-21(36)19(37-22)9-20(35)30-15-4-7-18(24)17(8-15)23(26,27)28/h2-8,10-11,19H,9H2,1H3,(H,30,35)(H,31,32,36). The number of amidine groups is 1. The number of anilines is 1. The van der Waals surface area contributed by atoms with Crippen molar-refractivity contribution >= 4 is 52.2 Å². The highest BCUT2D eigenvalue weighted by atomic mass is 35.5. The SMILES string of the molecule is Cc1nn(-c2ccc(F)cc2)cc1C=N/N=C1\NC(=O)C(CC(=O)Nc2ccc(Cl)c(C(F)(F)F)c2)S1. The molecule has 37 heavy (non-hydrogen) atoms. The quantitative estimate of drug-likeness (QED) is 0.257. The molecule has 2 heterocycles. The smallest absolute Gasteiger partial charge is 0.326 e. The number of hydrogen-bond donors (Lipinski definition) is 2. The highest BCUT2D eigenvalue weighted by Crippen LogP contribution is 2.36. The highest BCUT2D eigenvalue weighted by molar-refractivity contribution is 8.15. The van der Waals surface area contributed by atoms with Crippen molar-refractivity contribution in [3.8, 4) is 5.69 Å². The number of hydrogen-bond acceptors (Lipinski definition) is 6. The molecule has 4 rings (SSSR count). The second-order valence-electron chi connectivity index (χ2n) is 7.78. The van der Waals surface area contributed by atoms with Crippen molar-refractivity contribution in [2.75, 3.05) is 5.32 Å². The van der Waals surface area contributed by atoms with Gasteiger partial charge in [0, 0.05) is 23.9 Å². The Morgan fingerprint density at radius 1 is 1.27 bits per heavy atom. The molecule has 1 aliphatic heterocycles. The molecule has 2 aromatic carbocycles. The van der Waals surface area contributed by atoms with E-state index < -0.39 is 33.8 Å². The maximum absolute atomic E-state index is 13.1. The number of nitrogens with zero attached hydrogens (tertiary/aromatic N) is 4. The van der Waals surface area contributed by atoms with E-state index in [4.69, 9.17) is 11.6 Å². The summed E-state index contributed by atoms with van der Waals surface area (Å²) < 4.78 is 53.7. The van der Waals surface area contributed by atoms with Crippen molar-refractivity contribution in [2.45, 2.75) is 24.8 Å². The molecule has 0 bridgehead atoms. The molecule has 0 spiro atoms. The van der Waals surface area contributed by atoms with E-state index in [0.29, 0.717) is 16.9 Å². The van der Waals surface area contributed by atoms with Crippen LogP contribution in [0.15, 0.2) is 58.9 Å². The van der Waals surface area contributed by atoms with E-state index in [0.717, 1.165) is 23.9 Å². The number of alkyl halides is 3. The summed E-state index contributed by atoms with van der Waals surface area (Å²) in [6.45, 7) is 1.76. The Labute approximate surface area is 216 Å². The largest absolute Gasteiger partial charge is 0.417 e. The van der Waals surface area contributed by atoms with Gasteiger partial charge in [0.05, 0.1) is 28.2 Å². The Kier molecular flexibility index (Phi) is 7.64. The van der Waals surface area contributed by atoms with Gasteiger partial charge in [-0.1, -0.05) is 23.4 Å². The third-order valence-electron chi connectivity index (χ3n) is 5.08. The van der Waals surface area contributed by atoms with Gasteiger partial charge < -0.3 is 10.6 Å². The molecule has 1 atom stereocenters. The Morgan fingerprint density at radius 2 is 2.00 bits per heavy atom. The minimum absolute atomic E-state index is 0.0971. The van der Waals surface area contributed by atoms with E-state index in [1.54, 1.807) is 29.9 Å². The van der Waals surface area contributed by atoms with Crippen molar-refractivity contribution in [3.05, 3.63) is 76.3 Å². The average molecular weight is 553 g/mol. The van der Waals surface area contributed by atoms with Crippen LogP contribution in [-0.2, 0) is 15.8 Å². The average Bonchev–Trinajstić information content (AvgIpc) is 3.36. The van der Waals surface area contributed by atoms with Gasteiger partial charge in [0.25, 0.3) is 0 Å². The van der Waals surface area contributed by atoms with E-state index in [2.05, 4.69) is 25.9 Å². The maximum atomic E-state index is 13.1. The third-order valence-corrected chi connectivity index (χ3v) is 6.48. The van der Waals surface area contributed by atoms with Crippen LogP contribution in [-0.4, -0.2) is 38.2 Å². The van der Waals surface area contributed by atoms with Gasteiger partial charge in [0.15, 0.2) is 5.17 Å². The lowest BCUT2D eigenvalue weighted by molar-refractivity contribution is -0.137. The van der Waals surface area contributed by atoms with Gasteiger partial charge in [-0.25, -0.2) is 9.07 Å². The van der Waals surface area contributed by atoms with Gasteiger partial charge in [-0.05, 0) is 49.4 Å². The molecule has 0 aliphatic carbocycles. The summed E-state index contributed by atoms with van der Waals surface area (Å²) in [6.07, 6.45) is -1.86. The summed E-state index contributed by atoms with van der Waals surface area (Å²) in [5.41, 5.74) is 0.760. The zero-order valence-electron chi connectivity index (χ0n) is 18.9. The number of carbonyl (C=O) groups is 2. The summed E-state index contributed by atoms with van der Waals surface area (Å²) in [7, 11) is 0. The lowest BCUT2D eigenvalue weighted by Gasteiger charge is -2.12. The van der Waals surface area contributed by atoms with Crippen molar-refractivity contribution in [1.29, 1.82) is 0 Å². The zero-order chi connectivity index (χ0) is 26.7. The molecule has 14 heteroatoms. The number of aryl methyl sites for hydroxylation is 1. The third kappa shape index (κ3) is 6.54. The topological polar surface area (TPSA) is 101 Å². The summed E-state index contributed by atoms with van der Waals surface area (Å²) >= 11 is 6.55. The Balaban J connectivity index is 1.36. The van der Waals surface area contributed by atoms with Gasteiger partial charge in [-0.2, -0.15) is 23.4 Å². The van der Waals surface area contributed by atoms with Gasteiger partial charge >= 0.3 is 6.18 Å². The predicted octanol–water partition coefficient (Wildman–Crippen LogP) is 4.94. The Bertz CT molecular complexity index is 1410. The fraction of sp³-hybridized carbons (Fsp3) is 0.174. The molecule has 1 aliphatic rings. The molecule has 1 unspecified atom stereocenters. The maximum Gasteiger partial charge on any atom is 0.417 e. The van der Waals surface area contributed by atoms with E-state index in [1.807, 2.05) is 0 Å². The van der Waals surface area contributed by atoms with Crippen LogP contribution in [0.1, 0.15) is 23.2 Å². The van der Waals surface area contributed by atoms with Gasteiger partial charge in [-0.15, -0.1) is 5.10 Å². The minimum Gasteiger partial charge on any atom is -0.326 e. The first-order valence-electron chi connectivity index (χ1n) is 10.6. The highest BCUT2D eigenvalue weighted by Gasteiger charge is 2.34. The van der Waals surface area contributed by atoms with Crippen molar-refractivity contribution in [3.63, 3.8) is 0 Å². The van der Waals surface area contributed by atoms with Gasteiger partial charge in [0.2, 0.25) is 11.8 Å². The summed E-state index contributed by atoms with van der Waals surface area (Å²) in [5.74, 6) is -1.50. The Morgan fingerprint density at radius 3 is 2.70 bits per heavy atom. The number of rotatable bonds is 6. The molecule has 3 aromatic rings. The van der Waals surface area contributed by atoms with Gasteiger partial charge in [-0.3, -0.25) is 9.59 Å². The van der Waals surface area contributed by atoms with Crippen molar-refractivity contribution < 1.29 is 27.2 Å². The van der Waals surface area contributed by atoms with Crippen LogP contribution in [0.25, 0.3) is 5.69 Å². The van der Waals surface area contributed by atoms with E-state index in [-0.39, 0.29) is 23.1 Å². The van der Waals surface area contributed by atoms with Crippen LogP contribution in [0.4, 0.5) is 23.2 Å². The fourth-order valence-corrected chi connectivity index (χ4v) is 4.41. The lowest BCUT2D eigenvalue weighted by atomic mass is 10.2. The number of amides is 2. The molecule has 1 saturated heterocycles. The fourth-order valence-electron chi connectivity index (χ4n) is 3.26. The van der Waals surface area contributed by atoms with E-state index in [1.165, 1.54) is 24.4 Å². The number of nitrogens with one attached hydrogen (secondary N) is 2. The molecule has 0 saturated carbocycles. The van der Waals surface area contributed by atoms with Crippen molar-refractivity contribution in [2.24, 2.45) is 10.2 Å². The molecule has 8 nitrogen and oxygen atoms in total. The first kappa shape index (κ1) is 26.4. The number of benzene rings is 2. The zero-order valence-corrected chi connectivity index (χ0v) is 20.5. The first-order chi connectivity index (χ1) is 17.5. The second-order valence-corrected chi connectivity index (χ2v) is 9.38. The summed E-state index contributed by atoms with van der Waals surface area (Å²) in [4.78, 5) is 24.5. The molecular formula is C23H17ClF4N6O2S. The molecule has 1 aromatic heterocycles. The molecular weight excluding hydrogens is 536 g/mol. The molecule has 1 fully saturated rings. The predicted molar refractivity (Wildman–Crippen MR) is 133 cm³/mol. The van der Waals surface area contributed by atoms with Crippen LogP contribution >= 0.6 is 23.4 Å². The number of thioether (sulfide) groups is 1. The van der Waals surface area contributed by atoms with E-state index in [9.17, 15) is 27.2 Å². The normalized spacial score (nSPS) is 17.0. The molecule has 2 N–H and O–H groups in total. The second kappa shape index (κ2) is 10.7. The minimum atomic E-state index is -4.68. The lowest BCUT2D eigenvalue weighted by Crippen LogP contribution is -2.28. The first-order valence-corrected chi connectivity index (χ1v) is 11.8. The molecule has 0 radical (unpaired) electrons. The van der Waals surface area contributed by atoms with Crippen LogP contribution in [0, 0.1) is 12.7 Å².